The zero-order valence-corrected chi connectivity index (χ0v) is 17.2. The number of thiocarbonyl (C=S) groups is 1. The second kappa shape index (κ2) is 5.88. The van der Waals surface area contributed by atoms with Gasteiger partial charge in [-0.2, -0.15) is 0 Å². The number of nitrogens with two attached hydrogens (primary N) is 1. The fourth-order valence-corrected chi connectivity index (χ4v) is 12.2. The lowest BCUT2D eigenvalue weighted by Crippen LogP contribution is -2.50. The van der Waals surface area contributed by atoms with E-state index in [-0.39, 0.29) is 14.4 Å². The molecule has 0 amide bonds. The normalized spacial score (nSPS) is 14.5. The number of para-hydroxylation sites is 1. The third-order valence-electron chi connectivity index (χ3n) is 4.63. The Morgan fingerprint density at radius 3 is 2.42 bits per heavy atom. The molecule has 0 aliphatic carbocycles. The first-order chi connectivity index (χ1) is 12.3. The van der Waals surface area contributed by atoms with Crippen molar-refractivity contribution in [2.24, 2.45) is 5.73 Å². The molecule has 0 fully saturated rings. The summed E-state index contributed by atoms with van der Waals surface area (Å²) >= 11 is 6.58. The third kappa shape index (κ3) is 1.98. The molecule has 0 spiro atoms. The molecule has 3 rings (SSSR count). The second-order valence-corrected chi connectivity index (χ2v) is 15.6. The Balaban J connectivity index is 2.62. The number of nitro groups is 1. The van der Waals surface area contributed by atoms with E-state index in [0.29, 0.717) is 16.8 Å². The molecular weight excluding hydrogens is 410 g/mol. The van der Waals surface area contributed by atoms with Crippen LogP contribution in [-0.2, 0) is 0 Å². The molecule has 0 saturated carbocycles. The van der Waals surface area contributed by atoms with Crippen molar-refractivity contribution in [3.05, 3.63) is 64.7 Å². The van der Waals surface area contributed by atoms with Gasteiger partial charge in [-0.05, 0) is 53.6 Å². The molecule has 0 aliphatic rings. The van der Waals surface area contributed by atoms with Gasteiger partial charge in [0.15, 0.2) is 8.66 Å². The lowest BCUT2D eigenvalue weighted by atomic mass is 10.3. The molecular formula is C17H18ClN3O2S3. The lowest BCUT2D eigenvalue weighted by molar-refractivity contribution is -0.304. The van der Waals surface area contributed by atoms with Gasteiger partial charge in [0.1, 0.15) is 0 Å². The van der Waals surface area contributed by atoms with Gasteiger partial charge >= 0.3 is 0 Å². The molecule has 138 valence electrons. The number of fused-ring (bicyclic) bond motifs is 1. The quantitative estimate of drug-likeness (QED) is 0.326. The summed E-state index contributed by atoms with van der Waals surface area (Å²) in [6.07, 6.45) is 0.425. The van der Waals surface area contributed by atoms with Crippen molar-refractivity contribution in [2.45, 2.75) is 22.6 Å². The van der Waals surface area contributed by atoms with E-state index in [2.05, 4.69) is 4.98 Å². The monoisotopic (exact) mass is 427 g/mol. The van der Waals surface area contributed by atoms with Crippen LogP contribution in [0.15, 0.2) is 63.8 Å². The van der Waals surface area contributed by atoms with Crippen molar-refractivity contribution in [3.8, 4) is 0 Å². The summed E-state index contributed by atoms with van der Waals surface area (Å²) in [5.41, 5.74) is 6.83. The van der Waals surface area contributed by atoms with Crippen LogP contribution in [0.25, 0.3) is 10.2 Å². The van der Waals surface area contributed by atoms with Crippen LogP contribution in [0.1, 0.15) is 13.3 Å². The van der Waals surface area contributed by atoms with Crippen molar-refractivity contribution >= 4 is 56.5 Å². The molecule has 2 aromatic carbocycles. The Morgan fingerprint density at radius 2 is 1.88 bits per heavy atom. The summed E-state index contributed by atoms with van der Waals surface area (Å²) in [4.78, 5) is 17.8. The van der Waals surface area contributed by atoms with E-state index in [1.807, 2.05) is 25.1 Å². The summed E-state index contributed by atoms with van der Waals surface area (Å²) in [6, 6.07) is 15.8. The fourth-order valence-electron chi connectivity index (χ4n) is 3.22. The topological polar surface area (TPSA) is 82.0 Å². The van der Waals surface area contributed by atoms with Crippen LogP contribution in [0.3, 0.4) is 0 Å². The highest BCUT2D eigenvalue weighted by Crippen LogP contribution is 3.02. The maximum absolute atomic E-state index is 12.9. The number of aromatic nitrogens is 1. The number of thiazole rings is 1. The van der Waals surface area contributed by atoms with Crippen LogP contribution in [0.4, 0.5) is 0 Å². The smallest absolute Gasteiger partial charge is 0.194 e. The van der Waals surface area contributed by atoms with Crippen LogP contribution in [-0.4, -0.2) is 19.4 Å². The van der Waals surface area contributed by atoms with Gasteiger partial charge in [0.25, 0.3) is 0 Å². The molecule has 0 unspecified atom stereocenters. The van der Waals surface area contributed by atoms with E-state index in [1.54, 1.807) is 36.4 Å². The minimum atomic E-state index is -5.21. The molecule has 1 heterocycles. The van der Waals surface area contributed by atoms with Crippen molar-refractivity contribution in [2.75, 3.05) is 5.75 Å². The van der Waals surface area contributed by atoms with Gasteiger partial charge in [-0.3, -0.25) is 10.1 Å². The second-order valence-electron chi connectivity index (χ2n) is 6.06. The molecule has 1 aromatic heterocycles. The Morgan fingerprint density at radius 1 is 1.27 bits per heavy atom. The number of rotatable bonds is 5. The average molecular weight is 428 g/mol. The zero-order chi connectivity index (χ0) is 19.1. The first-order valence-corrected chi connectivity index (χ1v) is 12.5. The van der Waals surface area contributed by atoms with Crippen molar-refractivity contribution < 1.29 is 4.33 Å². The van der Waals surface area contributed by atoms with E-state index in [1.165, 1.54) is 11.3 Å². The highest BCUT2D eigenvalue weighted by molar-refractivity contribution is 8.86. The van der Waals surface area contributed by atoms with Gasteiger partial charge in [-0.25, -0.2) is 4.98 Å². The predicted molar refractivity (Wildman–Crippen MR) is 115 cm³/mol. The van der Waals surface area contributed by atoms with Crippen LogP contribution >= 0.6 is 41.9 Å². The van der Waals surface area contributed by atoms with Crippen molar-refractivity contribution in [1.82, 2.24) is 4.98 Å². The highest BCUT2D eigenvalue weighted by atomic mass is 35.7. The van der Waals surface area contributed by atoms with Crippen LogP contribution in [0, 0.1) is 10.1 Å². The minimum absolute atomic E-state index is 0.00623. The van der Waals surface area contributed by atoms with Gasteiger partial charge in [0.2, 0.25) is 0 Å². The zero-order valence-electron chi connectivity index (χ0n) is 14.0. The average Bonchev–Trinajstić information content (AvgIpc) is 3.08. The van der Waals surface area contributed by atoms with E-state index in [0.717, 1.165) is 4.70 Å². The maximum atomic E-state index is 12.9. The van der Waals surface area contributed by atoms with Crippen LogP contribution < -0.4 is 5.73 Å². The number of halogens is 1. The molecule has 3 aromatic rings. The molecule has 0 radical (unpaired) electrons. The Bertz CT molecular complexity index is 991. The molecule has 5 nitrogen and oxygen atoms in total. The number of benzene rings is 2. The van der Waals surface area contributed by atoms with Crippen molar-refractivity contribution in [3.63, 3.8) is 0 Å². The summed E-state index contributed by atoms with van der Waals surface area (Å²) in [7, 11) is 2.14. The van der Waals surface area contributed by atoms with Crippen LogP contribution in [0.2, 0.25) is 0 Å². The molecule has 9 heteroatoms. The summed E-state index contributed by atoms with van der Waals surface area (Å²) in [5, 5.41) is 12.9. The van der Waals surface area contributed by atoms with E-state index in [9.17, 15) is 10.1 Å². The molecule has 0 bridgehead atoms. The molecule has 0 saturated heterocycles. The largest absolute Gasteiger partial charge is 0.381 e. The lowest BCUT2D eigenvalue weighted by Gasteiger charge is -2.63. The van der Waals surface area contributed by atoms with Gasteiger partial charge in [0.05, 0.1) is 27.1 Å². The minimum Gasteiger partial charge on any atom is -0.381 e. The summed E-state index contributed by atoms with van der Waals surface area (Å²) in [5.74, 6) is -0.00623. The standard InChI is InChI=1S/C17H18ClN3O2S3/c1-2-12-26(18,16(19)24,21(22)23,13-8-4-3-5-9-13)17-20-14-10-6-7-11-15(14)25-17/h3-11H,2,12H2,1H3,(H2,19,24). The van der Waals surface area contributed by atoms with Crippen molar-refractivity contribution in [1.29, 1.82) is 0 Å². The number of hydrogen-bond donors (Lipinski definition) is 1. The number of nitrogens with zero attached hydrogens (tertiary/aromatic N) is 2. The van der Waals surface area contributed by atoms with E-state index >= 15 is 0 Å². The van der Waals surface area contributed by atoms with E-state index in [4.69, 9.17) is 28.6 Å². The van der Waals surface area contributed by atoms with E-state index < -0.39 is 12.0 Å². The number of hydrogen-bond acceptors (Lipinski definition) is 5. The first kappa shape index (κ1) is 19.0. The van der Waals surface area contributed by atoms with Gasteiger partial charge in [-0.1, -0.05) is 37.3 Å². The Hall–Kier alpha value is -1.74. The SMILES string of the molecule is CCCS(Cl)(C(N)=S)(c1ccccc1)(c1nc2ccccc2s1)[N+](=O)[O-]. The third-order valence-corrected chi connectivity index (χ3v) is 16.8. The molecule has 26 heavy (non-hydrogen) atoms. The maximum Gasteiger partial charge on any atom is 0.194 e. The Labute approximate surface area is 164 Å². The summed E-state index contributed by atoms with van der Waals surface area (Å²) in [6.45, 7) is 1.83. The first-order valence-electron chi connectivity index (χ1n) is 7.90. The van der Waals surface area contributed by atoms with Crippen LogP contribution in [0.5, 0.6) is 0 Å². The Kier molecular flexibility index (Phi) is 4.31. The molecule has 0 aliphatic heterocycles. The van der Waals surface area contributed by atoms with Gasteiger partial charge in [-0.15, -0.1) is 11.3 Å². The van der Waals surface area contributed by atoms with Gasteiger partial charge in [0, 0.05) is 5.75 Å². The summed E-state index contributed by atoms with van der Waals surface area (Å²) < 4.78 is 0.223. The van der Waals surface area contributed by atoms with Gasteiger partial charge < -0.3 is 5.73 Å². The fraction of sp³-hybridized carbons (Fsp3) is 0.176. The molecule has 0 atom stereocenters. The predicted octanol–water partition coefficient (Wildman–Crippen LogP) is 5.59. The highest BCUT2D eigenvalue weighted by Gasteiger charge is 2.77. The molecule has 2 N–H and O–H groups in total.